The van der Waals surface area contributed by atoms with Gasteiger partial charge in [-0.3, -0.25) is 9.89 Å². The Kier molecular flexibility index (Phi) is 8.65. The van der Waals surface area contributed by atoms with Crippen LogP contribution in [0.25, 0.3) is 0 Å². The van der Waals surface area contributed by atoms with Crippen LogP contribution >= 0.6 is 35.3 Å². The van der Waals surface area contributed by atoms with Crippen molar-refractivity contribution < 1.29 is 4.74 Å². The van der Waals surface area contributed by atoms with E-state index >= 15 is 0 Å². The van der Waals surface area contributed by atoms with Crippen molar-refractivity contribution in [2.75, 3.05) is 52.5 Å². The summed E-state index contributed by atoms with van der Waals surface area (Å²) in [6.07, 6.45) is 5.04. The van der Waals surface area contributed by atoms with Crippen LogP contribution in [0.4, 0.5) is 0 Å². The molecular weight excluding hydrogens is 495 g/mol. The van der Waals surface area contributed by atoms with Crippen molar-refractivity contribution in [3.05, 3.63) is 22.4 Å². The molecule has 4 heterocycles. The standard InChI is InChI=1S/C22H36N4OS.HI/c1-3-23-21(26-12-8-22(16-26)9-13-27-17-22)24-15-19(20-5-4-14-28-20)25-10-6-18(2)7-11-25;/h4-5,14,18-19H,3,6-13,15-17H2,1-2H3,(H,23,24);1H. The predicted molar refractivity (Wildman–Crippen MR) is 132 cm³/mol. The van der Waals surface area contributed by atoms with E-state index in [1.807, 2.05) is 11.3 Å². The van der Waals surface area contributed by atoms with E-state index in [2.05, 4.69) is 46.5 Å². The summed E-state index contributed by atoms with van der Waals surface area (Å²) in [7, 11) is 0. The average Bonchev–Trinajstić information content (AvgIpc) is 3.46. The lowest BCUT2D eigenvalue weighted by molar-refractivity contribution is 0.143. The molecule has 7 heteroatoms. The lowest BCUT2D eigenvalue weighted by Gasteiger charge is -2.36. The van der Waals surface area contributed by atoms with Gasteiger partial charge in [0.15, 0.2) is 5.96 Å². The van der Waals surface area contributed by atoms with Gasteiger partial charge in [0.1, 0.15) is 0 Å². The Labute approximate surface area is 197 Å². The zero-order valence-electron chi connectivity index (χ0n) is 17.9. The van der Waals surface area contributed by atoms with E-state index in [1.54, 1.807) is 0 Å². The highest BCUT2D eigenvalue weighted by Crippen LogP contribution is 2.38. The number of nitrogens with zero attached hydrogens (tertiary/aromatic N) is 3. The van der Waals surface area contributed by atoms with E-state index in [-0.39, 0.29) is 24.0 Å². The number of likely N-dealkylation sites (tertiary alicyclic amines) is 2. The number of thiophene rings is 1. The number of ether oxygens (including phenoxy) is 1. The fourth-order valence-electron chi connectivity index (χ4n) is 4.89. The van der Waals surface area contributed by atoms with Crippen molar-refractivity contribution >= 4 is 41.3 Å². The van der Waals surface area contributed by atoms with Crippen LogP contribution in [-0.4, -0.2) is 68.2 Å². The zero-order valence-corrected chi connectivity index (χ0v) is 21.1. The van der Waals surface area contributed by atoms with Gasteiger partial charge < -0.3 is 15.0 Å². The van der Waals surface area contributed by atoms with Gasteiger partial charge in [-0.05, 0) is 63.1 Å². The van der Waals surface area contributed by atoms with Gasteiger partial charge in [0.05, 0.1) is 19.2 Å². The molecule has 2 unspecified atom stereocenters. The highest BCUT2D eigenvalue weighted by Gasteiger charge is 2.42. The van der Waals surface area contributed by atoms with E-state index in [0.29, 0.717) is 11.5 Å². The van der Waals surface area contributed by atoms with Crippen molar-refractivity contribution in [2.24, 2.45) is 16.3 Å². The Morgan fingerprint density at radius 3 is 2.83 bits per heavy atom. The minimum absolute atomic E-state index is 0. The molecule has 1 aromatic rings. The molecule has 3 saturated heterocycles. The molecule has 0 amide bonds. The quantitative estimate of drug-likeness (QED) is 0.351. The summed E-state index contributed by atoms with van der Waals surface area (Å²) in [5.74, 6) is 1.95. The van der Waals surface area contributed by atoms with E-state index in [0.717, 1.165) is 51.3 Å². The van der Waals surface area contributed by atoms with Crippen LogP contribution in [0.2, 0.25) is 0 Å². The van der Waals surface area contributed by atoms with Crippen LogP contribution < -0.4 is 5.32 Å². The third-order valence-electron chi connectivity index (χ3n) is 6.80. The SMILES string of the molecule is CCNC(=NCC(c1cccs1)N1CCC(C)CC1)N1CCC2(CCOC2)C1.I. The van der Waals surface area contributed by atoms with Gasteiger partial charge in [0.2, 0.25) is 0 Å². The van der Waals surface area contributed by atoms with Crippen molar-refractivity contribution in [1.29, 1.82) is 0 Å². The molecule has 0 radical (unpaired) electrons. The maximum absolute atomic E-state index is 5.71. The first-order valence-electron chi connectivity index (χ1n) is 11.1. The number of hydrogen-bond donors (Lipinski definition) is 1. The Balaban J connectivity index is 0.00000240. The monoisotopic (exact) mass is 532 g/mol. The number of hydrogen-bond acceptors (Lipinski definition) is 4. The molecule has 2 atom stereocenters. The van der Waals surface area contributed by atoms with Crippen LogP contribution in [0, 0.1) is 11.3 Å². The Bertz CT molecular complexity index is 639. The molecule has 0 aromatic carbocycles. The molecule has 3 aliphatic heterocycles. The number of piperidine rings is 1. The van der Waals surface area contributed by atoms with Gasteiger partial charge in [-0.1, -0.05) is 13.0 Å². The van der Waals surface area contributed by atoms with E-state index < -0.39 is 0 Å². The van der Waals surface area contributed by atoms with Crippen molar-refractivity contribution in [3.63, 3.8) is 0 Å². The fraction of sp³-hybridized carbons (Fsp3) is 0.773. The molecule has 1 N–H and O–H groups in total. The van der Waals surface area contributed by atoms with Crippen molar-refractivity contribution in [3.8, 4) is 0 Å². The van der Waals surface area contributed by atoms with Crippen LogP contribution in [0.1, 0.15) is 50.4 Å². The maximum Gasteiger partial charge on any atom is 0.194 e. The molecule has 3 aliphatic rings. The molecule has 164 valence electrons. The molecule has 0 saturated carbocycles. The first-order valence-corrected chi connectivity index (χ1v) is 12.0. The van der Waals surface area contributed by atoms with Gasteiger partial charge in [0.25, 0.3) is 0 Å². The highest BCUT2D eigenvalue weighted by molar-refractivity contribution is 14.0. The summed E-state index contributed by atoms with van der Waals surface area (Å²) in [4.78, 5) is 11.7. The molecule has 29 heavy (non-hydrogen) atoms. The van der Waals surface area contributed by atoms with Gasteiger partial charge in [-0.2, -0.15) is 0 Å². The van der Waals surface area contributed by atoms with Crippen LogP contribution in [0.5, 0.6) is 0 Å². The van der Waals surface area contributed by atoms with Crippen LogP contribution in [-0.2, 0) is 4.74 Å². The molecule has 0 aliphatic carbocycles. The lowest BCUT2D eigenvalue weighted by Crippen LogP contribution is -2.42. The number of halogens is 1. The summed E-state index contributed by atoms with van der Waals surface area (Å²) in [5.41, 5.74) is 0.367. The average molecular weight is 533 g/mol. The maximum atomic E-state index is 5.71. The van der Waals surface area contributed by atoms with Gasteiger partial charge >= 0.3 is 0 Å². The second kappa shape index (κ2) is 10.8. The predicted octanol–water partition coefficient (Wildman–Crippen LogP) is 4.22. The van der Waals surface area contributed by atoms with Crippen molar-refractivity contribution in [2.45, 2.75) is 45.6 Å². The van der Waals surface area contributed by atoms with E-state index in [4.69, 9.17) is 9.73 Å². The lowest BCUT2D eigenvalue weighted by atomic mass is 9.87. The van der Waals surface area contributed by atoms with Gasteiger partial charge in [-0.25, -0.2) is 0 Å². The second-order valence-corrected chi connectivity index (χ2v) is 9.90. The first-order chi connectivity index (χ1) is 13.7. The molecular formula is C22H37IN4OS. The van der Waals surface area contributed by atoms with Gasteiger partial charge in [-0.15, -0.1) is 35.3 Å². The number of guanidine groups is 1. The van der Waals surface area contributed by atoms with Crippen molar-refractivity contribution in [1.82, 2.24) is 15.1 Å². The summed E-state index contributed by atoms with van der Waals surface area (Å²) in [6.45, 7) is 12.7. The van der Waals surface area contributed by atoms with Gasteiger partial charge in [0, 0.05) is 36.5 Å². The minimum atomic E-state index is 0. The fourth-order valence-corrected chi connectivity index (χ4v) is 5.74. The minimum Gasteiger partial charge on any atom is -0.381 e. The second-order valence-electron chi connectivity index (χ2n) is 8.92. The third kappa shape index (κ3) is 5.66. The Hall–Kier alpha value is -0.380. The molecule has 1 spiro atoms. The largest absolute Gasteiger partial charge is 0.381 e. The zero-order chi connectivity index (χ0) is 19.4. The topological polar surface area (TPSA) is 40.1 Å². The Morgan fingerprint density at radius 2 is 2.17 bits per heavy atom. The summed E-state index contributed by atoms with van der Waals surface area (Å²) >= 11 is 1.88. The molecule has 3 fully saturated rings. The number of nitrogens with one attached hydrogen (secondary N) is 1. The number of aliphatic imine (C=N–C) groups is 1. The van der Waals surface area contributed by atoms with Crippen LogP contribution in [0.15, 0.2) is 22.5 Å². The summed E-state index contributed by atoms with van der Waals surface area (Å²) in [6, 6.07) is 4.88. The van der Waals surface area contributed by atoms with E-state index in [9.17, 15) is 0 Å². The first kappa shape index (κ1) is 23.3. The van der Waals surface area contributed by atoms with Crippen LogP contribution in [0.3, 0.4) is 0 Å². The normalized spacial score (nSPS) is 27.4. The summed E-state index contributed by atoms with van der Waals surface area (Å²) in [5, 5.41) is 5.76. The van der Waals surface area contributed by atoms with E-state index in [1.165, 1.54) is 43.6 Å². The highest BCUT2D eigenvalue weighted by atomic mass is 127. The molecule has 5 nitrogen and oxygen atoms in total. The smallest absolute Gasteiger partial charge is 0.194 e. The molecule has 0 bridgehead atoms. The third-order valence-corrected chi connectivity index (χ3v) is 7.78. The Morgan fingerprint density at radius 1 is 1.34 bits per heavy atom. The summed E-state index contributed by atoms with van der Waals surface area (Å²) < 4.78 is 5.71. The number of rotatable bonds is 5. The molecule has 4 rings (SSSR count). The molecule has 1 aromatic heterocycles.